The average Bonchev–Trinajstić information content (AvgIpc) is 2.80. The van der Waals surface area contributed by atoms with E-state index in [1.807, 2.05) is 0 Å². The number of carbonyl (C=O) groups is 1. The molecule has 40 heavy (non-hydrogen) atoms. The third-order valence-electron chi connectivity index (χ3n) is 5.47. The normalized spacial score (nSPS) is 12.9. The molecule has 0 aliphatic carbocycles. The lowest BCUT2D eigenvalue weighted by molar-refractivity contribution is 0.262. The van der Waals surface area contributed by atoms with Gasteiger partial charge in [-0.1, -0.05) is 12.1 Å². The van der Waals surface area contributed by atoms with Crippen molar-refractivity contribution < 1.29 is 56.7 Å². The molecule has 0 unspecified atom stereocenters. The lowest BCUT2D eigenvalue weighted by atomic mass is 10.1. The van der Waals surface area contributed by atoms with Crippen LogP contribution >= 0.6 is 0 Å². The second-order valence-electron chi connectivity index (χ2n) is 8.19. The molecule has 0 bridgehead atoms. The summed E-state index contributed by atoms with van der Waals surface area (Å²) < 4.78 is 131. The summed E-state index contributed by atoms with van der Waals surface area (Å²) in [5.41, 5.74) is -1.03. The minimum absolute atomic E-state index is 0.0545. The van der Waals surface area contributed by atoms with Gasteiger partial charge in [0.05, 0.1) is 21.2 Å². The Labute approximate surface area is 226 Å². The van der Waals surface area contributed by atoms with Crippen LogP contribution < -0.4 is 10.6 Å². The summed E-state index contributed by atoms with van der Waals surface area (Å²) in [6.45, 7) is 0. The highest BCUT2D eigenvalue weighted by Crippen LogP contribution is 2.32. The molecule has 0 atom stereocenters. The fourth-order valence-electron chi connectivity index (χ4n) is 3.73. The van der Waals surface area contributed by atoms with Crippen LogP contribution in [-0.4, -0.2) is 57.9 Å². The highest BCUT2D eigenvalue weighted by Gasteiger charge is 2.23. The zero-order valence-corrected chi connectivity index (χ0v) is 22.6. The molecule has 4 rings (SSSR count). The van der Waals surface area contributed by atoms with Crippen molar-refractivity contribution in [2.45, 2.75) is 19.6 Å². The van der Waals surface area contributed by atoms with Crippen LogP contribution in [0.25, 0.3) is 21.5 Å². The molecule has 19 heteroatoms. The van der Waals surface area contributed by atoms with E-state index in [0.717, 1.165) is 48.5 Å². The lowest BCUT2D eigenvalue weighted by Gasteiger charge is -2.14. The number of benzene rings is 4. The lowest BCUT2D eigenvalue weighted by Crippen LogP contribution is -2.22. The summed E-state index contributed by atoms with van der Waals surface area (Å²) >= 11 is 0. The van der Waals surface area contributed by atoms with Gasteiger partial charge in [-0.25, -0.2) is 4.79 Å². The van der Waals surface area contributed by atoms with Gasteiger partial charge in [-0.3, -0.25) is 18.2 Å². The Balaban J connectivity index is 1.78. The molecule has 4 aromatic rings. The molecule has 4 aromatic carbocycles. The molecule has 0 aliphatic rings. The number of carbonyl (C=O) groups excluding carboxylic acids is 1. The second kappa shape index (κ2) is 9.74. The summed E-state index contributed by atoms with van der Waals surface area (Å²) in [7, 11) is -19.4. The Bertz CT molecular complexity index is 2020. The first kappa shape index (κ1) is 29.3. The zero-order valence-electron chi connectivity index (χ0n) is 19.4. The molecule has 0 fully saturated rings. The Morgan fingerprint density at radius 2 is 0.825 bits per heavy atom. The number of fused-ring (bicyclic) bond motifs is 2. The van der Waals surface area contributed by atoms with Crippen LogP contribution in [0.1, 0.15) is 0 Å². The van der Waals surface area contributed by atoms with E-state index in [1.54, 1.807) is 0 Å². The van der Waals surface area contributed by atoms with Crippen LogP contribution in [-0.2, 0) is 40.5 Å². The number of nitrogens with one attached hydrogen (secondary N) is 2. The predicted molar refractivity (Wildman–Crippen MR) is 140 cm³/mol. The molecule has 15 nitrogen and oxygen atoms in total. The van der Waals surface area contributed by atoms with E-state index in [0.29, 0.717) is 0 Å². The van der Waals surface area contributed by atoms with Gasteiger partial charge in [0.15, 0.2) is 0 Å². The summed E-state index contributed by atoms with van der Waals surface area (Å²) in [5.74, 6) is 0. The van der Waals surface area contributed by atoms with Gasteiger partial charge >= 0.3 is 6.03 Å². The zero-order chi connectivity index (χ0) is 29.8. The Kier molecular flexibility index (Phi) is 7.14. The van der Waals surface area contributed by atoms with Crippen molar-refractivity contribution in [3.05, 3.63) is 60.7 Å². The SMILES string of the molecule is O=C(Nc1cc2ccc(S(=O)(=O)O)cc2cc1S(=O)(=O)O)Nc1cc2ccc(S(=O)(=O)O)cc2cc1S(=O)(=O)O. The first-order valence-electron chi connectivity index (χ1n) is 10.4. The second-order valence-corrected chi connectivity index (χ2v) is 13.8. The summed E-state index contributed by atoms with van der Waals surface area (Å²) in [6, 6.07) is 8.67. The Morgan fingerprint density at radius 3 is 1.12 bits per heavy atom. The van der Waals surface area contributed by atoms with Gasteiger partial charge in [0.2, 0.25) is 0 Å². The van der Waals surface area contributed by atoms with Gasteiger partial charge in [-0.15, -0.1) is 0 Å². The minimum atomic E-state index is -5.03. The molecule has 0 radical (unpaired) electrons. The smallest absolute Gasteiger partial charge is 0.306 e. The van der Waals surface area contributed by atoms with Gasteiger partial charge in [-0.2, -0.15) is 33.7 Å². The molecule has 6 N–H and O–H groups in total. The monoisotopic (exact) mass is 632 g/mol. The van der Waals surface area contributed by atoms with Gasteiger partial charge in [0.1, 0.15) is 9.79 Å². The fourth-order valence-corrected chi connectivity index (χ4v) is 6.09. The molecular formula is C21H16N2O13S4. The summed E-state index contributed by atoms with van der Waals surface area (Å²) in [4.78, 5) is 9.88. The van der Waals surface area contributed by atoms with Gasteiger partial charge in [0, 0.05) is 0 Å². The standard InChI is InChI=1S/C21H16N2O13S4/c24-21(22-17-7-11-1-3-15(37(25,26)27)5-13(11)9-19(17)39(31,32)33)23-18-8-12-2-4-16(38(28,29)30)6-14(12)10-20(18)40(34,35)36/h1-10H,(H2,22,23,24)(H,25,26,27)(H,28,29,30)(H,31,32,33)(H,34,35,36). The van der Waals surface area contributed by atoms with Crippen LogP contribution in [0.2, 0.25) is 0 Å². The van der Waals surface area contributed by atoms with Crippen molar-refractivity contribution in [2.75, 3.05) is 10.6 Å². The van der Waals surface area contributed by atoms with E-state index in [2.05, 4.69) is 10.6 Å². The van der Waals surface area contributed by atoms with E-state index in [4.69, 9.17) is 0 Å². The van der Waals surface area contributed by atoms with Crippen LogP contribution in [0.5, 0.6) is 0 Å². The van der Waals surface area contributed by atoms with Gasteiger partial charge in [-0.05, 0) is 70.1 Å². The number of anilines is 2. The molecule has 0 saturated heterocycles. The van der Waals surface area contributed by atoms with Crippen molar-refractivity contribution in [3.8, 4) is 0 Å². The number of urea groups is 1. The number of rotatable bonds is 6. The molecule has 0 aliphatic heterocycles. The Hall–Kier alpha value is -3.69. The molecule has 0 aromatic heterocycles. The minimum Gasteiger partial charge on any atom is -0.306 e. The van der Waals surface area contributed by atoms with Crippen molar-refractivity contribution in [3.63, 3.8) is 0 Å². The maximum atomic E-state index is 12.8. The molecule has 0 spiro atoms. The maximum Gasteiger partial charge on any atom is 0.323 e. The van der Waals surface area contributed by atoms with Crippen LogP contribution in [0.3, 0.4) is 0 Å². The fraction of sp³-hybridized carbons (Fsp3) is 0. The highest BCUT2D eigenvalue weighted by atomic mass is 32.2. The van der Waals surface area contributed by atoms with Gasteiger partial charge < -0.3 is 10.6 Å². The summed E-state index contributed by atoms with van der Waals surface area (Å²) in [6.07, 6.45) is 0. The molecule has 2 amide bonds. The Morgan fingerprint density at radius 1 is 0.475 bits per heavy atom. The first-order valence-corrected chi connectivity index (χ1v) is 16.1. The highest BCUT2D eigenvalue weighted by molar-refractivity contribution is 7.86. The third-order valence-corrected chi connectivity index (χ3v) is 8.95. The molecule has 0 heterocycles. The van der Waals surface area contributed by atoms with Crippen molar-refractivity contribution in [2.24, 2.45) is 0 Å². The largest absolute Gasteiger partial charge is 0.323 e. The van der Waals surface area contributed by atoms with E-state index >= 15 is 0 Å². The van der Waals surface area contributed by atoms with Crippen molar-refractivity contribution in [1.82, 2.24) is 0 Å². The van der Waals surface area contributed by atoms with Crippen LogP contribution in [0.4, 0.5) is 16.2 Å². The number of hydrogen-bond acceptors (Lipinski definition) is 9. The van der Waals surface area contributed by atoms with E-state index < -0.39 is 77.5 Å². The van der Waals surface area contributed by atoms with Gasteiger partial charge in [0.25, 0.3) is 40.5 Å². The quantitative estimate of drug-likeness (QED) is 0.167. The molecule has 212 valence electrons. The van der Waals surface area contributed by atoms with E-state index in [-0.39, 0.29) is 21.5 Å². The topological polar surface area (TPSA) is 259 Å². The predicted octanol–water partition coefficient (Wildman–Crippen LogP) is 2.62. The molecule has 0 saturated carbocycles. The molecular weight excluding hydrogens is 617 g/mol. The van der Waals surface area contributed by atoms with E-state index in [9.17, 15) is 56.7 Å². The van der Waals surface area contributed by atoms with Crippen LogP contribution in [0, 0.1) is 0 Å². The first-order chi connectivity index (χ1) is 18.2. The van der Waals surface area contributed by atoms with Crippen molar-refractivity contribution in [1.29, 1.82) is 0 Å². The number of hydrogen-bond donors (Lipinski definition) is 6. The average molecular weight is 633 g/mol. The van der Waals surface area contributed by atoms with Crippen LogP contribution in [0.15, 0.2) is 80.2 Å². The van der Waals surface area contributed by atoms with Crippen molar-refractivity contribution >= 4 is 79.4 Å². The third kappa shape index (κ3) is 6.21. The maximum absolute atomic E-state index is 12.8. The summed E-state index contributed by atoms with van der Waals surface area (Å²) in [5, 5.41) is 4.44. The van der Waals surface area contributed by atoms with E-state index in [1.165, 1.54) is 12.1 Å². The number of amides is 2.